The molecule has 3 aromatic carbocycles. The Labute approximate surface area is 185 Å². The smallest absolute Gasteiger partial charge is 0.259 e. The second kappa shape index (κ2) is 10.9. The van der Waals surface area contributed by atoms with Gasteiger partial charge in [-0.1, -0.05) is 41.4 Å². The summed E-state index contributed by atoms with van der Waals surface area (Å²) in [4.78, 5) is 23.8. The first kappa shape index (κ1) is 22.1. The number of halogens is 1. The van der Waals surface area contributed by atoms with Gasteiger partial charge in [0, 0.05) is 10.6 Å². The van der Waals surface area contributed by atoms with E-state index in [0.29, 0.717) is 17.2 Å². The van der Waals surface area contributed by atoms with Gasteiger partial charge in [-0.15, -0.1) is 0 Å². The maximum atomic E-state index is 12.0. The number of ether oxygens (including phenoxy) is 1. The van der Waals surface area contributed by atoms with Crippen LogP contribution in [0.5, 0.6) is 5.75 Å². The molecule has 158 valence electrons. The van der Waals surface area contributed by atoms with Gasteiger partial charge in [-0.25, -0.2) is 5.43 Å². The van der Waals surface area contributed by atoms with Crippen molar-refractivity contribution < 1.29 is 14.3 Å². The molecule has 0 aliphatic rings. The van der Waals surface area contributed by atoms with Gasteiger partial charge in [0.2, 0.25) is 0 Å². The molecule has 0 unspecified atom stereocenters. The lowest BCUT2D eigenvalue weighted by Crippen LogP contribution is -2.34. The van der Waals surface area contributed by atoms with Crippen LogP contribution >= 0.6 is 11.6 Å². The molecule has 0 atom stereocenters. The van der Waals surface area contributed by atoms with Crippen LogP contribution < -0.4 is 15.5 Å². The molecule has 3 rings (SSSR count). The lowest BCUT2D eigenvalue weighted by molar-refractivity contribution is -0.120. The number of hydrogen-bond donors (Lipinski definition) is 2. The number of carbonyl (C=O) groups excluding carboxylic acids is 2. The third-order valence-corrected chi connectivity index (χ3v) is 4.58. The molecule has 0 radical (unpaired) electrons. The van der Waals surface area contributed by atoms with E-state index in [0.717, 1.165) is 16.9 Å². The highest BCUT2D eigenvalue weighted by Gasteiger charge is 2.07. The number of hydrogen-bond acceptors (Lipinski definition) is 4. The van der Waals surface area contributed by atoms with Crippen LogP contribution in [0.4, 0.5) is 0 Å². The molecule has 0 spiro atoms. The number of nitrogens with one attached hydrogen (secondary N) is 2. The Hall–Kier alpha value is -3.64. The first-order valence-electron chi connectivity index (χ1n) is 9.64. The number of aryl methyl sites for hydroxylation is 1. The monoisotopic (exact) mass is 435 g/mol. The van der Waals surface area contributed by atoms with Crippen molar-refractivity contribution >= 4 is 29.6 Å². The highest BCUT2D eigenvalue weighted by molar-refractivity contribution is 6.30. The molecule has 0 saturated heterocycles. The number of carbonyl (C=O) groups is 2. The molecular weight excluding hydrogens is 414 g/mol. The van der Waals surface area contributed by atoms with E-state index in [-0.39, 0.29) is 12.5 Å². The lowest BCUT2D eigenvalue weighted by atomic mass is 10.2. The summed E-state index contributed by atoms with van der Waals surface area (Å²) >= 11 is 5.79. The van der Waals surface area contributed by atoms with Crippen LogP contribution in [-0.4, -0.2) is 24.6 Å². The molecular formula is C24H22ClN3O3. The van der Waals surface area contributed by atoms with E-state index in [1.54, 1.807) is 24.3 Å². The molecule has 2 N–H and O–H groups in total. The van der Waals surface area contributed by atoms with Crippen molar-refractivity contribution in [2.75, 3.05) is 6.54 Å². The molecule has 0 fully saturated rings. The van der Waals surface area contributed by atoms with Crippen LogP contribution in [0.3, 0.4) is 0 Å². The fraction of sp³-hybridized carbons (Fsp3) is 0.125. The average Bonchev–Trinajstić information content (AvgIpc) is 2.78. The van der Waals surface area contributed by atoms with Crippen LogP contribution in [-0.2, 0) is 11.4 Å². The van der Waals surface area contributed by atoms with E-state index >= 15 is 0 Å². The van der Waals surface area contributed by atoms with Gasteiger partial charge >= 0.3 is 0 Å². The number of benzene rings is 3. The van der Waals surface area contributed by atoms with Gasteiger partial charge in [0.1, 0.15) is 12.4 Å². The van der Waals surface area contributed by atoms with Crippen LogP contribution in [0.1, 0.15) is 27.0 Å². The number of hydrazone groups is 1. The zero-order valence-corrected chi connectivity index (χ0v) is 17.7. The van der Waals surface area contributed by atoms with Gasteiger partial charge in [0.15, 0.2) is 0 Å². The first-order valence-corrected chi connectivity index (χ1v) is 10.0. The fourth-order valence-corrected chi connectivity index (χ4v) is 2.71. The van der Waals surface area contributed by atoms with Crippen molar-refractivity contribution in [3.63, 3.8) is 0 Å². The minimum Gasteiger partial charge on any atom is -0.489 e. The normalized spacial score (nSPS) is 10.6. The molecule has 7 heteroatoms. The Bertz CT molecular complexity index is 1050. The molecule has 0 aliphatic carbocycles. The average molecular weight is 436 g/mol. The van der Waals surface area contributed by atoms with Crippen LogP contribution in [0, 0.1) is 6.92 Å². The zero-order chi connectivity index (χ0) is 22.1. The van der Waals surface area contributed by atoms with Crippen LogP contribution in [0.25, 0.3) is 0 Å². The standard InChI is InChI=1S/C24H22ClN3O3/c1-17-2-4-19(5-3-17)16-31-22-12-6-18(7-13-22)14-27-28-23(29)15-26-24(30)20-8-10-21(25)11-9-20/h2-14H,15-16H2,1H3,(H,26,30)(H,28,29)/b27-14-. The van der Waals surface area contributed by atoms with E-state index in [4.69, 9.17) is 16.3 Å². The molecule has 0 aromatic heterocycles. The Morgan fingerprint density at radius 2 is 1.65 bits per heavy atom. The second-order valence-electron chi connectivity index (χ2n) is 6.83. The maximum absolute atomic E-state index is 12.0. The predicted molar refractivity (Wildman–Crippen MR) is 121 cm³/mol. The molecule has 0 saturated carbocycles. The minimum absolute atomic E-state index is 0.190. The highest BCUT2D eigenvalue weighted by atomic mass is 35.5. The van der Waals surface area contributed by atoms with E-state index in [9.17, 15) is 9.59 Å². The summed E-state index contributed by atoms with van der Waals surface area (Å²) < 4.78 is 5.77. The summed E-state index contributed by atoms with van der Waals surface area (Å²) in [6.07, 6.45) is 1.52. The second-order valence-corrected chi connectivity index (χ2v) is 7.26. The number of amides is 2. The Kier molecular flexibility index (Phi) is 7.79. The van der Waals surface area contributed by atoms with Crippen molar-refractivity contribution in [3.8, 4) is 5.75 Å². The van der Waals surface area contributed by atoms with Gasteiger partial charge in [0.25, 0.3) is 11.8 Å². The van der Waals surface area contributed by atoms with Crippen molar-refractivity contribution in [2.24, 2.45) is 5.10 Å². The van der Waals surface area contributed by atoms with Gasteiger partial charge in [0.05, 0.1) is 12.8 Å². The number of rotatable bonds is 8. The van der Waals surface area contributed by atoms with Crippen LogP contribution in [0.2, 0.25) is 5.02 Å². The Morgan fingerprint density at radius 1 is 0.968 bits per heavy atom. The SMILES string of the molecule is Cc1ccc(COc2ccc(/C=N\NC(=O)CNC(=O)c3ccc(Cl)cc3)cc2)cc1. The summed E-state index contributed by atoms with van der Waals surface area (Å²) in [6, 6.07) is 21.9. The van der Waals surface area contributed by atoms with Crippen molar-refractivity contribution in [1.29, 1.82) is 0 Å². The van der Waals surface area contributed by atoms with Gasteiger partial charge in [-0.2, -0.15) is 5.10 Å². The molecule has 0 bridgehead atoms. The van der Waals surface area contributed by atoms with Gasteiger partial charge in [-0.3, -0.25) is 9.59 Å². The molecule has 31 heavy (non-hydrogen) atoms. The summed E-state index contributed by atoms with van der Waals surface area (Å²) in [5.41, 5.74) is 5.91. The summed E-state index contributed by atoms with van der Waals surface area (Å²) in [5, 5.41) is 6.96. The highest BCUT2D eigenvalue weighted by Crippen LogP contribution is 2.14. The molecule has 0 aliphatic heterocycles. The molecule has 3 aromatic rings. The third kappa shape index (κ3) is 7.28. The maximum Gasteiger partial charge on any atom is 0.259 e. The van der Waals surface area contributed by atoms with Crippen molar-refractivity contribution in [2.45, 2.75) is 13.5 Å². The topological polar surface area (TPSA) is 79.8 Å². The van der Waals surface area contributed by atoms with E-state index in [1.807, 2.05) is 43.3 Å². The summed E-state index contributed by atoms with van der Waals surface area (Å²) in [5.74, 6) is -0.0553. The van der Waals surface area contributed by atoms with Crippen molar-refractivity contribution in [1.82, 2.24) is 10.7 Å². The zero-order valence-electron chi connectivity index (χ0n) is 17.0. The summed E-state index contributed by atoms with van der Waals surface area (Å²) in [6.45, 7) is 2.35. The largest absolute Gasteiger partial charge is 0.489 e. The Balaban J connectivity index is 1.40. The molecule has 6 nitrogen and oxygen atoms in total. The first-order chi connectivity index (χ1) is 15.0. The van der Waals surface area contributed by atoms with Gasteiger partial charge < -0.3 is 10.1 Å². The minimum atomic E-state index is -0.434. The molecule has 2 amide bonds. The van der Waals surface area contributed by atoms with Crippen LogP contribution in [0.15, 0.2) is 77.9 Å². The van der Waals surface area contributed by atoms with E-state index in [2.05, 4.69) is 28.0 Å². The Morgan fingerprint density at radius 3 is 2.32 bits per heavy atom. The van der Waals surface area contributed by atoms with Crippen molar-refractivity contribution in [3.05, 3.63) is 100 Å². The molecule has 0 heterocycles. The quantitative estimate of drug-likeness (QED) is 0.413. The lowest BCUT2D eigenvalue weighted by Gasteiger charge is -2.07. The van der Waals surface area contributed by atoms with E-state index in [1.165, 1.54) is 11.8 Å². The van der Waals surface area contributed by atoms with Gasteiger partial charge in [-0.05, 0) is 66.6 Å². The number of nitrogens with zero attached hydrogens (tertiary/aromatic N) is 1. The third-order valence-electron chi connectivity index (χ3n) is 4.32. The summed E-state index contributed by atoms with van der Waals surface area (Å²) in [7, 11) is 0. The van der Waals surface area contributed by atoms with E-state index < -0.39 is 5.91 Å². The fourth-order valence-electron chi connectivity index (χ4n) is 2.58. The predicted octanol–water partition coefficient (Wildman–Crippen LogP) is 4.11.